The summed E-state index contributed by atoms with van der Waals surface area (Å²) in [5, 5.41) is 13.0. The molecule has 38 heavy (non-hydrogen) atoms. The van der Waals surface area contributed by atoms with Crippen LogP contribution in [0.5, 0.6) is 17.2 Å². The number of rotatable bonds is 8. The number of carbonyl (C=O) groups is 1. The Labute approximate surface area is 219 Å². The molecule has 1 atom stereocenters. The van der Waals surface area contributed by atoms with Crippen LogP contribution in [-0.4, -0.2) is 23.2 Å². The molecule has 1 aliphatic rings. The van der Waals surface area contributed by atoms with E-state index in [0.717, 1.165) is 37.0 Å². The SMILES string of the molecule is Cc1cc(Oc2cccc(C(=O)NCCc3cccc(C(F)(F)F)c3)c2)ccc1OC1(C)CCCC=C1O. The Morgan fingerprint density at radius 3 is 2.55 bits per heavy atom. The van der Waals surface area contributed by atoms with E-state index in [1.165, 1.54) is 6.07 Å². The van der Waals surface area contributed by atoms with Crippen molar-refractivity contribution in [3.05, 3.63) is 101 Å². The second-order valence-corrected chi connectivity index (χ2v) is 9.58. The highest BCUT2D eigenvalue weighted by molar-refractivity contribution is 5.94. The summed E-state index contributed by atoms with van der Waals surface area (Å²) in [6.07, 6.45) is 0.164. The van der Waals surface area contributed by atoms with Crippen LogP contribution in [0.2, 0.25) is 0 Å². The Kier molecular flexibility index (Phi) is 7.99. The van der Waals surface area contributed by atoms with Crippen LogP contribution in [-0.2, 0) is 12.6 Å². The fraction of sp³-hybridized carbons (Fsp3) is 0.300. The predicted molar refractivity (Wildman–Crippen MR) is 139 cm³/mol. The molecule has 3 aromatic rings. The zero-order chi connectivity index (χ0) is 27.3. The summed E-state index contributed by atoms with van der Waals surface area (Å²) < 4.78 is 50.8. The van der Waals surface area contributed by atoms with Gasteiger partial charge in [0.25, 0.3) is 5.91 Å². The van der Waals surface area contributed by atoms with E-state index in [4.69, 9.17) is 9.47 Å². The average Bonchev–Trinajstić information content (AvgIpc) is 2.87. The minimum Gasteiger partial charge on any atom is -0.508 e. The third-order valence-corrected chi connectivity index (χ3v) is 6.50. The van der Waals surface area contributed by atoms with E-state index in [-0.39, 0.29) is 24.6 Å². The van der Waals surface area contributed by atoms with Crippen LogP contribution in [0.1, 0.15) is 53.2 Å². The second kappa shape index (κ2) is 11.2. The summed E-state index contributed by atoms with van der Waals surface area (Å²) in [6.45, 7) is 3.96. The van der Waals surface area contributed by atoms with E-state index in [9.17, 15) is 23.1 Å². The minimum atomic E-state index is -4.40. The van der Waals surface area contributed by atoms with Crippen LogP contribution in [0.25, 0.3) is 0 Å². The van der Waals surface area contributed by atoms with Crippen molar-refractivity contribution in [1.29, 1.82) is 0 Å². The molecule has 200 valence electrons. The molecule has 0 bridgehead atoms. The molecule has 2 N–H and O–H groups in total. The van der Waals surface area contributed by atoms with E-state index >= 15 is 0 Å². The van der Waals surface area contributed by atoms with Crippen molar-refractivity contribution in [2.45, 2.75) is 51.3 Å². The zero-order valence-electron chi connectivity index (χ0n) is 21.3. The Balaban J connectivity index is 1.36. The number of ether oxygens (including phenoxy) is 2. The maximum absolute atomic E-state index is 12.9. The lowest BCUT2D eigenvalue weighted by molar-refractivity contribution is -0.137. The number of aryl methyl sites for hydroxylation is 1. The summed E-state index contributed by atoms with van der Waals surface area (Å²) in [5.74, 6) is 1.56. The van der Waals surface area contributed by atoms with Gasteiger partial charge in [-0.25, -0.2) is 0 Å². The number of amides is 1. The molecule has 0 heterocycles. The van der Waals surface area contributed by atoms with Crippen molar-refractivity contribution < 1.29 is 32.5 Å². The largest absolute Gasteiger partial charge is 0.508 e. The monoisotopic (exact) mass is 525 g/mol. The van der Waals surface area contributed by atoms with Gasteiger partial charge < -0.3 is 19.9 Å². The smallest absolute Gasteiger partial charge is 0.416 e. The standard InChI is InChI=1S/C30H30F3NO4/c1-20-17-25(12-13-26(20)38-29(2)15-4-3-11-27(29)35)37-24-10-6-8-22(19-24)28(36)34-16-14-21-7-5-9-23(18-21)30(31,32)33/h5-13,17-19,35H,3-4,14-16H2,1-2H3,(H,34,36). The van der Waals surface area contributed by atoms with Gasteiger partial charge in [0, 0.05) is 12.1 Å². The Morgan fingerprint density at radius 2 is 1.82 bits per heavy atom. The molecule has 0 spiro atoms. The summed E-state index contributed by atoms with van der Waals surface area (Å²) in [6, 6.07) is 17.1. The van der Waals surface area contributed by atoms with Gasteiger partial charge in [-0.05, 0) is 99.2 Å². The van der Waals surface area contributed by atoms with Crippen molar-refractivity contribution >= 4 is 5.91 Å². The maximum atomic E-state index is 12.9. The number of hydrogen-bond acceptors (Lipinski definition) is 4. The van der Waals surface area contributed by atoms with E-state index in [1.807, 2.05) is 19.9 Å². The number of allylic oxidation sites excluding steroid dienone is 1. The van der Waals surface area contributed by atoms with Crippen LogP contribution >= 0.6 is 0 Å². The second-order valence-electron chi connectivity index (χ2n) is 9.58. The van der Waals surface area contributed by atoms with Gasteiger partial charge in [-0.3, -0.25) is 4.79 Å². The first-order valence-electron chi connectivity index (χ1n) is 12.4. The van der Waals surface area contributed by atoms with Crippen molar-refractivity contribution in [3.63, 3.8) is 0 Å². The Bertz CT molecular complexity index is 1340. The fourth-order valence-electron chi connectivity index (χ4n) is 4.33. The molecule has 1 unspecified atom stereocenters. The highest BCUT2D eigenvalue weighted by atomic mass is 19.4. The van der Waals surface area contributed by atoms with Crippen LogP contribution in [0.4, 0.5) is 13.2 Å². The highest BCUT2D eigenvalue weighted by Gasteiger charge is 2.34. The number of nitrogens with one attached hydrogen (secondary N) is 1. The Hall–Kier alpha value is -3.94. The molecule has 0 saturated heterocycles. The van der Waals surface area contributed by atoms with Gasteiger partial charge in [0.1, 0.15) is 23.0 Å². The Morgan fingerprint density at radius 1 is 1.05 bits per heavy atom. The van der Waals surface area contributed by atoms with Gasteiger partial charge in [0.05, 0.1) is 5.56 Å². The van der Waals surface area contributed by atoms with Gasteiger partial charge in [0.2, 0.25) is 0 Å². The van der Waals surface area contributed by atoms with E-state index in [1.54, 1.807) is 48.5 Å². The molecule has 1 aliphatic carbocycles. The molecule has 0 aromatic heterocycles. The third kappa shape index (κ3) is 6.68. The van der Waals surface area contributed by atoms with Crippen LogP contribution in [0, 0.1) is 6.92 Å². The van der Waals surface area contributed by atoms with Gasteiger partial charge in [-0.2, -0.15) is 13.2 Å². The third-order valence-electron chi connectivity index (χ3n) is 6.50. The molecule has 5 nitrogen and oxygen atoms in total. The van der Waals surface area contributed by atoms with Crippen molar-refractivity contribution in [2.24, 2.45) is 0 Å². The molecule has 1 amide bonds. The van der Waals surface area contributed by atoms with Crippen LogP contribution in [0.3, 0.4) is 0 Å². The van der Waals surface area contributed by atoms with E-state index in [0.29, 0.717) is 28.4 Å². The lowest BCUT2D eigenvalue weighted by atomic mass is 9.90. The molecular weight excluding hydrogens is 495 g/mol. The van der Waals surface area contributed by atoms with Crippen molar-refractivity contribution in [3.8, 4) is 17.2 Å². The van der Waals surface area contributed by atoms with Gasteiger partial charge in [-0.15, -0.1) is 0 Å². The molecule has 0 fully saturated rings. The quantitative estimate of drug-likeness (QED) is 0.319. The topological polar surface area (TPSA) is 67.8 Å². The lowest BCUT2D eigenvalue weighted by Gasteiger charge is -2.33. The molecule has 0 radical (unpaired) electrons. The molecular formula is C30H30F3NO4. The number of hydrogen-bond donors (Lipinski definition) is 2. The van der Waals surface area contributed by atoms with Gasteiger partial charge >= 0.3 is 6.18 Å². The maximum Gasteiger partial charge on any atom is 0.416 e. The number of carbonyl (C=O) groups excluding carboxylic acids is 1. The number of alkyl halides is 3. The summed E-state index contributed by atoms with van der Waals surface area (Å²) in [7, 11) is 0. The van der Waals surface area contributed by atoms with Crippen LogP contribution in [0.15, 0.2) is 78.6 Å². The molecule has 8 heteroatoms. The first-order chi connectivity index (χ1) is 18.0. The molecule has 3 aromatic carbocycles. The number of halogens is 3. The number of aliphatic hydroxyl groups excluding tert-OH is 1. The molecule has 0 saturated carbocycles. The molecule has 0 aliphatic heterocycles. The van der Waals surface area contributed by atoms with E-state index in [2.05, 4.69) is 5.32 Å². The molecule has 4 rings (SSSR count). The minimum absolute atomic E-state index is 0.190. The zero-order valence-corrected chi connectivity index (χ0v) is 21.3. The summed E-state index contributed by atoms with van der Waals surface area (Å²) >= 11 is 0. The lowest BCUT2D eigenvalue weighted by Crippen LogP contribution is -2.36. The number of benzene rings is 3. The average molecular weight is 526 g/mol. The number of aliphatic hydroxyl groups is 1. The van der Waals surface area contributed by atoms with E-state index < -0.39 is 17.3 Å². The first kappa shape index (κ1) is 27.1. The first-order valence-corrected chi connectivity index (χ1v) is 12.4. The normalized spacial score (nSPS) is 17.4. The van der Waals surface area contributed by atoms with Crippen molar-refractivity contribution in [1.82, 2.24) is 5.32 Å². The summed E-state index contributed by atoms with van der Waals surface area (Å²) in [5.41, 5.74) is 0.234. The fourth-order valence-corrected chi connectivity index (χ4v) is 4.33. The summed E-state index contributed by atoms with van der Waals surface area (Å²) in [4.78, 5) is 12.6. The predicted octanol–water partition coefficient (Wildman–Crippen LogP) is 7.54. The van der Waals surface area contributed by atoms with Crippen LogP contribution < -0.4 is 14.8 Å². The highest BCUT2D eigenvalue weighted by Crippen LogP contribution is 2.35. The van der Waals surface area contributed by atoms with Crippen molar-refractivity contribution in [2.75, 3.05) is 6.54 Å². The van der Waals surface area contributed by atoms with Gasteiger partial charge in [-0.1, -0.05) is 24.3 Å². The van der Waals surface area contributed by atoms with Gasteiger partial charge in [0.15, 0.2) is 5.60 Å².